The summed E-state index contributed by atoms with van der Waals surface area (Å²) in [6, 6.07) is 10.1. The summed E-state index contributed by atoms with van der Waals surface area (Å²) in [7, 11) is 1.97. The van der Waals surface area contributed by atoms with Gasteiger partial charge in [-0.1, -0.05) is 17.7 Å². The number of benzene rings is 1. The molecular formula is C18H20ClN5. The zero-order chi connectivity index (χ0) is 16.5. The van der Waals surface area contributed by atoms with Gasteiger partial charge in [-0.05, 0) is 24.3 Å². The molecule has 0 N–H and O–H groups in total. The lowest BCUT2D eigenvalue weighted by Gasteiger charge is -2.35. The first-order chi connectivity index (χ1) is 11.7. The van der Waals surface area contributed by atoms with Crippen LogP contribution in [0.2, 0.25) is 5.02 Å². The van der Waals surface area contributed by atoms with E-state index >= 15 is 0 Å². The first kappa shape index (κ1) is 15.4. The summed E-state index contributed by atoms with van der Waals surface area (Å²) in [4.78, 5) is 9.03. The summed E-state index contributed by atoms with van der Waals surface area (Å²) in [5.41, 5.74) is 3.35. The molecule has 1 fully saturated rings. The van der Waals surface area contributed by atoms with Crippen molar-refractivity contribution in [3.05, 3.63) is 53.4 Å². The second-order valence-corrected chi connectivity index (χ2v) is 6.59. The molecule has 5 nitrogen and oxygen atoms in total. The number of aromatic nitrogens is 3. The normalized spacial score (nSPS) is 16.0. The van der Waals surface area contributed by atoms with Crippen molar-refractivity contribution in [1.29, 1.82) is 0 Å². The van der Waals surface area contributed by atoms with Crippen molar-refractivity contribution in [3.8, 4) is 0 Å². The lowest BCUT2D eigenvalue weighted by Crippen LogP contribution is -2.46. The summed E-state index contributed by atoms with van der Waals surface area (Å²) in [6.07, 6.45) is 3.75. The average Bonchev–Trinajstić information content (AvgIpc) is 2.93. The van der Waals surface area contributed by atoms with Gasteiger partial charge in [-0.15, -0.1) is 0 Å². The second kappa shape index (κ2) is 6.42. The molecule has 1 saturated heterocycles. The van der Waals surface area contributed by atoms with Crippen LogP contribution in [0.15, 0.2) is 42.7 Å². The highest BCUT2D eigenvalue weighted by atomic mass is 35.5. The van der Waals surface area contributed by atoms with Crippen LogP contribution in [-0.4, -0.2) is 45.8 Å². The summed E-state index contributed by atoms with van der Waals surface area (Å²) in [5.74, 6) is 0. The molecule has 0 unspecified atom stereocenters. The van der Waals surface area contributed by atoms with Crippen molar-refractivity contribution in [2.45, 2.75) is 6.54 Å². The molecule has 1 aliphatic rings. The predicted octanol–water partition coefficient (Wildman–Crippen LogP) is 2.94. The Hall–Kier alpha value is -2.11. The number of piperazine rings is 1. The average molecular weight is 342 g/mol. The van der Waals surface area contributed by atoms with E-state index in [1.807, 2.05) is 42.3 Å². The largest absolute Gasteiger partial charge is 0.368 e. The Balaban J connectivity index is 1.48. The highest BCUT2D eigenvalue weighted by Gasteiger charge is 2.20. The van der Waals surface area contributed by atoms with Gasteiger partial charge in [0.2, 0.25) is 0 Å². The number of hydrogen-bond donors (Lipinski definition) is 0. The monoisotopic (exact) mass is 341 g/mol. The molecule has 4 rings (SSSR count). The molecule has 0 spiro atoms. The van der Waals surface area contributed by atoms with Gasteiger partial charge >= 0.3 is 0 Å². The first-order valence-electron chi connectivity index (χ1n) is 8.20. The minimum absolute atomic E-state index is 0.782. The van der Waals surface area contributed by atoms with E-state index in [1.54, 1.807) is 0 Å². The quantitative estimate of drug-likeness (QED) is 0.734. The number of rotatable bonds is 3. The smallest absolute Gasteiger partial charge is 0.0858 e. The number of anilines is 1. The fourth-order valence-electron chi connectivity index (χ4n) is 3.38. The molecule has 1 aliphatic heterocycles. The number of halogens is 1. The number of aryl methyl sites for hydroxylation is 1. The third-order valence-electron chi connectivity index (χ3n) is 4.66. The Bertz CT molecular complexity index is 837. The van der Waals surface area contributed by atoms with Crippen molar-refractivity contribution in [2.75, 3.05) is 31.1 Å². The topological polar surface area (TPSA) is 37.2 Å². The van der Waals surface area contributed by atoms with Crippen LogP contribution in [0.1, 0.15) is 5.69 Å². The van der Waals surface area contributed by atoms with Gasteiger partial charge in [-0.3, -0.25) is 14.6 Å². The van der Waals surface area contributed by atoms with Crippen LogP contribution in [0.5, 0.6) is 0 Å². The van der Waals surface area contributed by atoms with Gasteiger partial charge in [0.25, 0.3) is 0 Å². The van der Waals surface area contributed by atoms with Crippen LogP contribution in [-0.2, 0) is 13.6 Å². The van der Waals surface area contributed by atoms with Gasteiger partial charge in [-0.2, -0.15) is 5.10 Å². The maximum Gasteiger partial charge on any atom is 0.0858 e. The molecule has 6 heteroatoms. The number of hydrogen-bond acceptors (Lipinski definition) is 4. The molecule has 0 aliphatic carbocycles. The predicted molar refractivity (Wildman–Crippen MR) is 97.5 cm³/mol. The van der Waals surface area contributed by atoms with Crippen LogP contribution in [0.25, 0.3) is 10.9 Å². The maximum atomic E-state index is 6.41. The second-order valence-electron chi connectivity index (χ2n) is 6.18. The number of pyridine rings is 1. The zero-order valence-electron chi connectivity index (χ0n) is 13.7. The van der Waals surface area contributed by atoms with Crippen LogP contribution in [0.4, 0.5) is 5.69 Å². The minimum atomic E-state index is 0.782. The molecule has 124 valence electrons. The molecule has 3 aromatic rings. The fourth-order valence-corrected chi connectivity index (χ4v) is 3.66. The zero-order valence-corrected chi connectivity index (χ0v) is 14.4. The molecule has 1 aromatic carbocycles. The summed E-state index contributed by atoms with van der Waals surface area (Å²) < 4.78 is 1.92. The van der Waals surface area contributed by atoms with Crippen molar-refractivity contribution in [1.82, 2.24) is 19.7 Å². The van der Waals surface area contributed by atoms with Gasteiger partial charge < -0.3 is 4.90 Å². The van der Waals surface area contributed by atoms with E-state index in [0.29, 0.717) is 0 Å². The van der Waals surface area contributed by atoms with Gasteiger partial charge in [0.15, 0.2) is 0 Å². The molecule has 0 saturated carbocycles. The maximum absolute atomic E-state index is 6.41. The van der Waals surface area contributed by atoms with Gasteiger partial charge in [0, 0.05) is 51.4 Å². The van der Waals surface area contributed by atoms with Crippen LogP contribution in [0.3, 0.4) is 0 Å². The SMILES string of the molecule is Cn1nc(CN2CCN(c3cccnc3)CC2)c2c(Cl)cccc21. The number of fused-ring (bicyclic) bond motifs is 1. The van der Waals surface area contributed by atoms with E-state index in [9.17, 15) is 0 Å². The Labute approximate surface area is 146 Å². The van der Waals surface area contributed by atoms with E-state index < -0.39 is 0 Å². The minimum Gasteiger partial charge on any atom is -0.368 e. The van der Waals surface area contributed by atoms with Gasteiger partial charge in [0.1, 0.15) is 0 Å². The van der Waals surface area contributed by atoms with Gasteiger partial charge in [0.05, 0.1) is 28.1 Å². The fraction of sp³-hybridized carbons (Fsp3) is 0.333. The van der Waals surface area contributed by atoms with E-state index in [4.69, 9.17) is 11.6 Å². The van der Waals surface area contributed by atoms with Crippen molar-refractivity contribution in [2.24, 2.45) is 7.05 Å². The Morgan fingerprint density at radius 3 is 2.67 bits per heavy atom. The standard InChI is InChI=1S/C18H20ClN5/c1-22-17-6-2-5-15(19)18(17)16(21-22)13-23-8-10-24(11-9-23)14-4-3-7-20-12-14/h2-7,12H,8-11,13H2,1H3. The molecule has 24 heavy (non-hydrogen) atoms. The highest BCUT2D eigenvalue weighted by Crippen LogP contribution is 2.27. The van der Waals surface area contributed by atoms with Crippen LogP contribution in [0, 0.1) is 0 Å². The molecule has 0 bridgehead atoms. The van der Waals surface area contributed by atoms with Crippen molar-refractivity contribution < 1.29 is 0 Å². The molecule has 0 atom stereocenters. The number of nitrogens with zero attached hydrogens (tertiary/aromatic N) is 5. The van der Waals surface area contributed by atoms with E-state index in [-0.39, 0.29) is 0 Å². The van der Waals surface area contributed by atoms with E-state index in [0.717, 1.165) is 54.3 Å². The van der Waals surface area contributed by atoms with Crippen molar-refractivity contribution >= 4 is 28.2 Å². The molecule has 3 heterocycles. The lowest BCUT2D eigenvalue weighted by molar-refractivity contribution is 0.247. The first-order valence-corrected chi connectivity index (χ1v) is 8.57. The summed E-state index contributed by atoms with van der Waals surface area (Å²) in [5, 5.41) is 6.55. The van der Waals surface area contributed by atoms with Gasteiger partial charge in [-0.25, -0.2) is 0 Å². The third kappa shape index (κ3) is 2.85. The van der Waals surface area contributed by atoms with Crippen LogP contribution < -0.4 is 4.90 Å². The van der Waals surface area contributed by atoms with Crippen molar-refractivity contribution in [3.63, 3.8) is 0 Å². The Morgan fingerprint density at radius 2 is 1.92 bits per heavy atom. The molecular weight excluding hydrogens is 322 g/mol. The highest BCUT2D eigenvalue weighted by molar-refractivity contribution is 6.35. The van der Waals surface area contributed by atoms with Crippen LogP contribution >= 0.6 is 11.6 Å². The van der Waals surface area contributed by atoms with E-state index in [2.05, 4.69) is 32.0 Å². The third-order valence-corrected chi connectivity index (χ3v) is 4.97. The molecule has 2 aromatic heterocycles. The summed E-state index contributed by atoms with van der Waals surface area (Å²) in [6.45, 7) is 4.87. The van der Waals surface area contributed by atoms with E-state index in [1.165, 1.54) is 5.69 Å². The Kier molecular flexibility index (Phi) is 4.12. The summed E-state index contributed by atoms with van der Waals surface area (Å²) >= 11 is 6.41. The molecule has 0 radical (unpaired) electrons. The Morgan fingerprint density at radius 1 is 1.08 bits per heavy atom. The lowest BCUT2D eigenvalue weighted by atomic mass is 10.2. The molecule has 0 amide bonds.